The Morgan fingerprint density at radius 3 is 2.50 bits per heavy atom. The first kappa shape index (κ1) is 27.1. The second-order valence-electron chi connectivity index (χ2n) is 8.62. The Bertz CT molecular complexity index is 1300. The Hall–Kier alpha value is -3.91. The summed E-state index contributed by atoms with van der Waals surface area (Å²) in [7, 11) is 0. The number of hydrogen-bond acceptors (Lipinski definition) is 8. The minimum atomic E-state index is -0.159. The van der Waals surface area contributed by atoms with Gasteiger partial charge in [-0.05, 0) is 67.8 Å². The number of rotatable bonds is 14. The Balaban J connectivity index is 1.28. The lowest BCUT2D eigenvalue weighted by Gasteiger charge is -2.08. The molecule has 0 aliphatic rings. The van der Waals surface area contributed by atoms with Gasteiger partial charge in [0.15, 0.2) is 0 Å². The van der Waals surface area contributed by atoms with E-state index in [0.29, 0.717) is 38.6 Å². The maximum Gasteiger partial charge on any atom is 0.305 e. The average Bonchev–Trinajstić information content (AvgIpc) is 3.60. The molecule has 0 bridgehead atoms. The predicted molar refractivity (Wildman–Crippen MR) is 148 cm³/mol. The van der Waals surface area contributed by atoms with E-state index < -0.39 is 0 Å². The van der Waals surface area contributed by atoms with Gasteiger partial charge in [-0.25, -0.2) is 4.98 Å². The molecule has 38 heavy (non-hydrogen) atoms. The van der Waals surface area contributed by atoms with E-state index in [4.69, 9.17) is 18.7 Å². The number of oxime groups is 1. The molecule has 198 valence electrons. The highest BCUT2D eigenvalue weighted by atomic mass is 32.1. The van der Waals surface area contributed by atoms with E-state index in [9.17, 15) is 4.79 Å². The lowest BCUT2D eigenvalue weighted by molar-refractivity contribution is -0.143. The van der Waals surface area contributed by atoms with Gasteiger partial charge in [0.1, 0.15) is 30.4 Å². The third-order valence-electron chi connectivity index (χ3n) is 5.79. The molecule has 4 aromatic rings. The number of ether oxygens (including phenoxy) is 2. The second-order valence-corrected chi connectivity index (χ2v) is 9.57. The van der Waals surface area contributed by atoms with Crippen molar-refractivity contribution in [2.24, 2.45) is 5.16 Å². The topological polar surface area (TPSA) is 83.2 Å². The van der Waals surface area contributed by atoms with Crippen molar-refractivity contribution < 1.29 is 23.5 Å². The summed E-state index contributed by atoms with van der Waals surface area (Å²) in [4.78, 5) is 22.9. The van der Waals surface area contributed by atoms with Crippen LogP contribution in [-0.2, 0) is 27.6 Å². The number of hydrogen-bond donors (Lipinski definition) is 0. The summed E-state index contributed by atoms with van der Waals surface area (Å²) in [5.41, 5.74) is 3.64. The molecule has 2 heterocycles. The summed E-state index contributed by atoms with van der Waals surface area (Å²) in [6.45, 7) is 4.79. The number of carbonyl (C=O) groups is 1. The van der Waals surface area contributed by atoms with E-state index in [1.54, 1.807) is 11.3 Å². The van der Waals surface area contributed by atoms with Crippen molar-refractivity contribution in [2.45, 2.75) is 52.7 Å². The van der Waals surface area contributed by atoms with Crippen LogP contribution in [0.5, 0.6) is 5.75 Å². The standard InChI is InChI=1S/C30H32N2O5S/c1-3-34-29(33)14-8-7-12-26(24-10-5-4-6-11-24)32-36-20-23-15-17-25(18-16-23)35-21-27-22(2)37-30(31-27)28-13-9-19-38-28/h4-6,9-11,13,15-19H,3,7-8,12,14,20-21H2,1-2H3/b32-26+. The SMILES string of the molecule is CCOC(=O)CCCC/C(=N\OCc1ccc(OCc2nc(-c3cccs3)oc2C)cc1)c1ccccc1. The molecule has 0 fully saturated rings. The number of carbonyl (C=O) groups excluding carboxylic acids is 1. The normalized spacial score (nSPS) is 11.4. The van der Waals surface area contributed by atoms with E-state index in [-0.39, 0.29) is 5.97 Å². The summed E-state index contributed by atoms with van der Waals surface area (Å²) in [5, 5.41) is 6.42. The van der Waals surface area contributed by atoms with Gasteiger partial charge in [0.05, 0.1) is 17.2 Å². The fourth-order valence-electron chi connectivity index (χ4n) is 3.75. The minimum Gasteiger partial charge on any atom is -0.487 e. The van der Waals surface area contributed by atoms with E-state index >= 15 is 0 Å². The Kier molecular flexibility index (Phi) is 10.1. The van der Waals surface area contributed by atoms with Crippen molar-refractivity contribution in [1.29, 1.82) is 0 Å². The van der Waals surface area contributed by atoms with Crippen LogP contribution in [-0.4, -0.2) is 23.3 Å². The smallest absolute Gasteiger partial charge is 0.305 e. The van der Waals surface area contributed by atoms with Crippen LogP contribution in [0.4, 0.5) is 0 Å². The van der Waals surface area contributed by atoms with Gasteiger partial charge in [-0.15, -0.1) is 11.3 Å². The molecule has 0 N–H and O–H groups in total. The van der Waals surface area contributed by atoms with E-state index in [2.05, 4.69) is 10.1 Å². The number of unbranched alkanes of at least 4 members (excludes halogenated alkanes) is 1. The highest BCUT2D eigenvalue weighted by Gasteiger charge is 2.13. The monoisotopic (exact) mass is 532 g/mol. The first-order chi connectivity index (χ1) is 18.6. The molecule has 0 amide bonds. The number of oxazole rings is 1. The highest BCUT2D eigenvalue weighted by molar-refractivity contribution is 7.13. The molecule has 0 aliphatic heterocycles. The Morgan fingerprint density at radius 2 is 1.76 bits per heavy atom. The molecule has 7 nitrogen and oxygen atoms in total. The van der Waals surface area contributed by atoms with E-state index in [1.165, 1.54) is 0 Å². The molecule has 4 rings (SSSR count). The minimum absolute atomic E-state index is 0.159. The summed E-state index contributed by atoms with van der Waals surface area (Å²) < 4.78 is 16.7. The highest BCUT2D eigenvalue weighted by Crippen LogP contribution is 2.26. The van der Waals surface area contributed by atoms with Gasteiger partial charge in [-0.2, -0.15) is 0 Å². The van der Waals surface area contributed by atoms with Gasteiger partial charge in [-0.1, -0.05) is 53.7 Å². The average molecular weight is 533 g/mol. The summed E-state index contributed by atoms with van der Waals surface area (Å²) in [6, 6.07) is 21.6. The largest absolute Gasteiger partial charge is 0.487 e. The van der Waals surface area contributed by atoms with Crippen LogP contribution in [0, 0.1) is 6.92 Å². The van der Waals surface area contributed by atoms with Gasteiger partial charge in [0.25, 0.3) is 0 Å². The fourth-order valence-corrected chi connectivity index (χ4v) is 4.40. The number of aromatic nitrogens is 1. The lowest BCUT2D eigenvalue weighted by atomic mass is 10.0. The lowest BCUT2D eigenvalue weighted by Crippen LogP contribution is -2.05. The van der Waals surface area contributed by atoms with Gasteiger partial charge in [0.2, 0.25) is 5.89 Å². The zero-order chi connectivity index (χ0) is 26.6. The molecule has 2 aromatic heterocycles. The van der Waals surface area contributed by atoms with Crippen LogP contribution >= 0.6 is 11.3 Å². The van der Waals surface area contributed by atoms with Gasteiger partial charge >= 0.3 is 5.97 Å². The number of thiophene rings is 1. The Morgan fingerprint density at radius 1 is 0.974 bits per heavy atom. The quantitative estimate of drug-likeness (QED) is 0.0731. The summed E-state index contributed by atoms with van der Waals surface area (Å²) >= 11 is 1.59. The van der Waals surface area contributed by atoms with Crippen molar-refractivity contribution in [2.75, 3.05) is 6.61 Å². The third-order valence-corrected chi connectivity index (χ3v) is 6.64. The molecular weight excluding hydrogens is 500 g/mol. The van der Waals surface area contributed by atoms with Crippen molar-refractivity contribution in [3.05, 3.63) is 94.7 Å². The molecule has 0 saturated heterocycles. The molecule has 0 atom stereocenters. The first-order valence-electron chi connectivity index (χ1n) is 12.7. The molecule has 0 radical (unpaired) electrons. The van der Waals surface area contributed by atoms with Crippen molar-refractivity contribution in [3.63, 3.8) is 0 Å². The van der Waals surface area contributed by atoms with Gasteiger partial charge < -0.3 is 18.7 Å². The predicted octanol–water partition coefficient (Wildman–Crippen LogP) is 7.33. The summed E-state index contributed by atoms with van der Waals surface area (Å²) in [5.74, 6) is 1.96. The van der Waals surface area contributed by atoms with Crippen LogP contribution in [0.1, 0.15) is 55.2 Å². The molecule has 0 aliphatic carbocycles. The van der Waals surface area contributed by atoms with Crippen molar-refractivity contribution in [3.8, 4) is 16.5 Å². The Labute approximate surface area is 227 Å². The zero-order valence-corrected chi connectivity index (χ0v) is 22.5. The van der Waals surface area contributed by atoms with E-state index in [0.717, 1.165) is 51.8 Å². The number of aryl methyl sites for hydroxylation is 1. The van der Waals surface area contributed by atoms with Crippen LogP contribution in [0.2, 0.25) is 0 Å². The molecule has 0 saturated carbocycles. The molecule has 0 unspecified atom stereocenters. The van der Waals surface area contributed by atoms with Crippen molar-refractivity contribution >= 4 is 23.0 Å². The van der Waals surface area contributed by atoms with Crippen LogP contribution < -0.4 is 4.74 Å². The molecule has 8 heteroatoms. The fraction of sp³-hybridized carbons (Fsp3) is 0.300. The van der Waals surface area contributed by atoms with Crippen molar-refractivity contribution in [1.82, 2.24) is 4.98 Å². The van der Waals surface area contributed by atoms with E-state index in [1.807, 2.05) is 86.0 Å². The number of esters is 1. The van der Waals surface area contributed by atoms with Crippen LogP contribution in [0.3, 0.4) is 0 Å². The molecule has 2 aromatic carbocycles. The summed E-state index contributed by atoms with van der Waals surface area (Å²) in [6.07, 6.45) is 2.69. The number of benzene rings is 2. The maximum absolute atomic E-state index is 11.6. The molecular formula is C30H32N2O5S. The third kappa shape index (κ3) is 8.05. The van der Waals surface area contributed by atoms with Gasteiger partial charge in [-0.3, -0.25) is 4.79 Å². The number of nitrogens with zero attached hydrogens (tertiary/aromatic N) is 2. The van der Waals surface area contributed by atoms with Gasteiger partial charge in [0, 0.05) is 6.42 Å². The molecule has 0 spiro atoms. The second kappa shape index (κ2) is 14.1. The van der Waals surface area contributed by atoms with Crippen LogP contribution in [0.15, 0.2) is 81.7 Å². The van der Waals surface area contributed by atoms with Crippen LogP contribution in [0.25, 0.3) is 10.8 Å². The zero-order valence-electron chi connectivity index (χ0n) is 21.7. The first-order valence-corrected chi connectivity index (χ1v) is 13.6. The maximum atomic E-state index is 11.6.